The van der Waals surface area contributed by atoms with Crippen LogP contribution in [0.4, 0.5) is 5.95 Å². The van der Waals surface area contributed by atoms with Gasteiger partial charge in [0.05, 0.1) is 12.8 Å². The van der Waals surface area contributed by atoms with E-state index in [2.05, 4.69) is 10.1 Å². The maximum absolute atomic E-state index is 5.58. The average Bonchev–Trinajstić information content (AvgIpc) is 2.87. The number of nitrogens with two attached hydrogens (primary N) is 1. The van der Waals surface area contributed by atoms with Crippen molar-refractivity contribution in [3.8, 4) is 17.0 Å². The van der Waals surface area contributed by atoms with Gasteiger partial charge in [0.1, 0.15) is 5.75 Å². The van der Waals surface area contributed by atoms with Gasteiger partial charge >= 0.3 is 0 Å². The Bertz CT molecular complexity index is 673. The van der Waals surface area contributed by atoms with Gasteiger partial charge in [-0.2, -0.15) is 4.98 Å². The van der Waals surface area contributed by atoms with Gasteiger partial charge in [-0.1, -0.05) is 12.1 Å². The minimum atomic E-state index is 0.293. The molecule has 0 atom stereocenters. The molecule has 17 heavy (non-hydrogen) atoms. The fraction of sp³-hybridized carbons (Fsp3) is 0.0909. The Balaban J connectivity index is 2.19. The van der Waals surface area contributed by atoms with Crippen LogP contribution in [0.1, 0.15) is 0 Å². The predicted molar refractivity (Wildman–Crippen MR) is 67.3 cm³/mol. The number of ether oxygens (including phenoxy) is 1. The number of fused-ring (bicyclic) bond motifs is 1. The zero-order valence-electron chi connectivity index (χ0n) is 9.12. The summed E-state index contributed by atoms with van der Waals surface area (Å²) in [5.41, 5.74) is 7.57. The van der Waals surface area contributed by atoms with E-state index in [1.807, 2.05) is 29.6 Å². The van der Waals surface area contributed by atoms with Crippen molar-refractivity contribution < 1.29 is 4.74 Å². The standard InChI is InChI=1S/C11H10N4OS/c1-16-8-4-2-3-7(5-8)9-6-17-11-13-10(12)14-15(9)11/h2-6H,1H3,(H2,12,14). The molecule has 0 saturated carbocycles. The lowest BCUT2D eigenvalue weighted by Crippen LogP contribution is -1.91. The fourth-order valence-corrected chi connectivity index (χ4v) is 2.52. The van der Waals surface area contributed by atoms with Crippen molar-refractivity contribution >= 4 is 22.2 Å². The molecule has 0 bridgehead atoms. The molecule has 0 aliphatic heterocycles. The van der Waals surface area contributed by atoms with E-state index in [-0.39, 0.29) is 0 Å². The van der Waals surface area contributed by atoms with E-state index in [4.69, 9.17) is 10.5 Å². The second kappa shape index (κ2) is 3.74. The predicted octanol–water partition coefficient (Wildman–Crippen LogP) is 2.05. The van der Waals surface area contributed by atoms with Crippen LogP contribution in [0.25, 0.3) is 16.2 Å². The minimum Gasteiger partial charge on any atom is -0.497 e. The van der Waals surface area contributed by atoms with E-state index >= 15 is 0 Å². The number of anilines is 1. The average molecular weight is 246 g/mol. The molecule has 2 heterocycles. The van der Waals surface area contributed by atoms with Crippen LogP contribution in [0, 0.1) is 0 Å². The van der Waals surface area contributed by atoms with Crippen LogP contribution in [0.5, 0.6) is 5.75 Å². The van der Waals surface area contributed by atoms with Crippen LogP contribution in [0.2, 0.25) is 0 Å². The van der Waals surface area contributed by atoms with Gasteiger partial charge in [0.2, 0.25) is 10.9 Å². The van der Waals surface area contributed by atoms with Gasteiger partial charge in [0.25, 0.3) is 0 Å². The summed E-state index contributed by atoms with van der Waals surface area (Å²) < 4.78 is 6.95. The SMILES string of the molecule is COc1cccc(-c2csc3nc(N)nn23)c1. The minimum absolute atomic E-state index is 0.293. The van der Waals surface area contributed by atoms with Crippen molar-refractivity contribution in [2.75, 3.05) is 12.8 Å². The van der Waals surface area contributed by atoms with Gasteiger partial charge in [0, 0.05) is 10.9 Å². The zero-order chi connectivity index (χ0) is 11.8. The molecule has 1 aromatic carbocycles. The summed E-state index contributed by atoms with van der Waals surface area (Å²) in [4.78, 5) is 4.91. The molecule has 0 aliphatic rings. The lowest BCUT2D eigenvalue weighted by Gasteiger charge is -2.02. The third kappa shape index (κ3) is 1.62. The maximum Gasteiger partial charge on any atom is 0.241 e. The van der Waals surface area contributed by atoms with Crippen molar-refractivity contribution in [2.24, 2.45) is 0 Å². The summed E-state index contributed by atoms with van der Waals surface area (Å²) in [6, 6.07) is 7.81. The molecule has 0 spiro atoms. The molecule has 5 nitrogen and oxygen atoms in total. The van der Waals surface area contributed by atoms with E-state index in [0.717, 1.165) is 22.0 Å². The number of thiazole rings is 1. The third-order valence-electron chi connectivity index (χ3n) is 2.46. The van der Waals surface area contributed by atoms with Crippen LogP contribution in [0.3, 0.4) is 0 Å². The Kier molecular flexibility index (Phi) is 2.22. The van der Waals surface area contributed by atoms with Crippen LogP contribution in [0.15, 0.2) is 29.6 Å². The van der Waals surface area contributed by atoms with E-state index in [9.17, 15) is 0 Å². The largest absolute Gasteiger partial charge is 0.497 e. The second-order valence-electron chi connectivity index (χ2n) is 3.52. The monoisotopic (exact) mass is 246 g/mol. The topological polar surface area (TPSA) is 65.4 Å². The van der Waals surface area contributed by atoms with Crippen LogP contribution >= 0.6 is 11.3 Å². The third-order valence-corrected chi connectivity index (χ3v) is 3.28. The molecule has 3 aromatic rings. The highest BCUT2D eigenvalue weighted by atomic mass is 32.1. The first-order valence-corrected chi connectivity index (χ1v) is 5.90. The van der Waals surface area contributed by atoms with Gasteiger partial charge < -0.3 is 10.5 Å². The molecular weight excluding hydrogens is 236 g/mol. The highest BCUT2D eigenvalue weighted by molar-refractivity contribution is 7.15. The summed E-state index contributed by atoms with van der Waals surface area (Å²) in [7, 11) is 1.65. The molecule has 0 radical (unpaired) electrons. The summed E-state index contributed by atoms with van der Waals surface area (Å²) in [5.74, 6) is 1.11. The summed E-state index contributed by atoms with van der Waals surface area (Å²) in [5, 5.41) is 6.16. The Morgan fingerprint density at radius 1 is 1.41 bits per heavy atom. The highest BCUT2D eigenvalue weighted by Crippen LogP contribution is 2.27. The molecule has 3 rings (SSSR count). The number of hydrogen-bond donors (Lipinski definition) is 1. The Hall–Kier alpha value is -2.08. The van der Waals surface area contributed by atoms with Crippen LogP contribution in [-0.4, -0.2) is 21.7 Å². The molecule has 2 N–H and O–H groups in total. The molecule has 6 heteroatoms. The molecular formula is C11H10N4OS. The maximum atomic E-state index is 5.58. The Morgan fingerprint density at radius 3 is 3.12 bits per heavy atom. The molecule has 0 amide bonds. The van der Waals surface area contributed by atoms with Crippen LogP contribution in [-0.2, 0) is 0 Å². The Labute approximate surface area is 101 Å². The van der Waals surface area contributed by atoms with Crippen molar-refractivity contribution in [2.45, 2.75) is 0 Å². The Morgan fingerprint density at radius 2 is 2.29 bits per heavy atom. The number of rotatable bonds is 2. The number of nitrogens with zero attached hydrogens (tertiary/aromatic N) is 3. The summed E-state index contributed by atoms with van der Waals surface area (Å²) in [6.45, 7) is 0. The number of methoxy groups -OCH3 is 1. The first kappa shape index (κ1) is 10.1. The van der Waals surface area contributed by atoms with Crippen molar-refractivity contribution in [3.63, 3.8) is 0 Å². The van der Waals surface area contributed by atoms with Gasteiger partial charge in [-0.3, -0.25) is 0 Å². The molecule has 2 aromatic heterocycles. The molecule has 0 saturated heterocycles. The van der Waals surface area contributed by atoms with Crippen molar-refractivity contribution in [1.82, 2.24) is 14.6 Å². The molecule has 86 valence electrons. The smallest absolute Gasteiger partial charge is 0.241 e. The van der Waals surface area contributed by atoms with E-state index < -0.39 is 0 Å². The lowest BCUT2D eigenvalue weighted by atomic mass is 10.2. The first-order valence-electron chi connectivity index (χ1n) is 5.02. The normalized spacial score (nSPS) is 10.9. The van der Waals surface area contributed by atoms with Gasteiger partial charge in [-0.15, -0.1) is 16.4 Å². The summed E-state index contributed by atoms with van der Waals surface area (Å²) >= 11 is 1.51. The molecule has 0 aliphatic carbocycles. The van der Waals surface area contributed by atoms with Gasteiger partial charge in [0.15, 0.2) is 0 Å². The molecule has 0 fully saturated rings. The summed E-state index contributed by atoms with van der Waals surface area (Å²) in [6.07, 6.45) is 0. The zero-order valence-corrected chi connectivity index (χ0v) is 9.94. The van der Waals surface area contributed by atoms with Crippen molar-refractivity contribution in [3.05, 3.63) is 29.6 Å². The second-order valence-corrected chi connectivity index (χ2v) is 4.35. The number of nitrogen functional groups attached to an aromatic ring is 1. The number of hydrogen-bond acceptors (Lipinski definition) is 5. The first-order chi connectivity index (χ1) is 8.28. The highest BCUT2D eigenvalue weighted by Gasteiger charge is 2.10. The van der Waals surface area contributed by atoms with E-state index in [1.54, 1.807) is 11.6 Å². The lowest BCUT2D eigenvalue weighted by molar-refractivity contribution is 0.415. The van der Waals surface area contributed by atoms with Crippen molar-refractivity contribution in [1.29, 1.82) is 0 Å². The quantitative estimate of drug-likeness (QED) is 0.751. The molecule has 0 unspecified atom stereocenters. The van der Waals surface area contributed by atoms with Gasteiger partial charge in [-0.05, 0) is 12.1 Å². The van der Waals surface area contributed by atoms with E-state index in [0.29, 0.717) is 5.95 Å². The number of benzene rings is 1. The van der Waals surface area contributed by atoms with Crippen LogP contribution < -0.4 is 10.5 Å². The fourth-order valence-electron chi connectivity index (χ4n) is 1.68. The van der Waals surface area contributed by atoms with Gasteiger partial charge in [-0.25, -0.2) is 4.52 Å². The number of aromatic nitrogens is 3. The van der Waals surface area contributed by atoms with E-state index in [1.165, 1.54) is 11.3 Å².